The molecule has 10 heteroatoms. The molecule has 0 atom stereocenters. The molecule has 0 bridgehead atoms. The van der Waals surface area contributed by atoms with Crippen molar-refractivity contribution in [3.63, 3.8) is 0 Å². The Morgan fingerprint density at radius 2 is 2.08 bits per heavy atom. The van der Waals surface area contributed by atoms with E-state index in [1.54, 1.807) is 30.5 Å². The summed E-state index contributed by atoms with van der Waals surface area (Å²) in [6.45, 7) is 0. The lowest BCUT2D eigenvalue weighted by molar-refractivity contribution is 0.832. The summed E-state index contributed by atoms with van der Waals surface area (Å²) in [6, 6.07) is 8.62. The van der Waals surface area contributed by atoms with Gasteiger partial charge in [0.05, 0.1) is 5.69 Å². The van der Waals surface area contributed by atoms with E-state index in [1.807, 2.05) is 6.07 Å². The third-order valence-corrected chi connectivity index (χ3v) is 4.16. The summed E-state index contributed by atoms with van der Waals surface area (Å²) in [7, 11) is 0. The van der Waals surface area contributed by atoms with Gasteiger partial charge in [0.15, 0.2) is 17.2 Å². The first-order chi connectivity index (χ1) is 11.5. The number of rotatable bonds is 3. The van der Waals surface area contributed by atoms with Gasteiger partial charge in [0.1, 0.15) is 16.7 Å². The monoisotopic (exact) mass is 359 g/mol. The molecule has 0 saturated heterocycles. The topological polar surface area (TPSA) is 125 Å². The van der Waals surface area contributed by atoms with Gasteiger partial charge in [-0.05, 0) is 30.5 Å². The van der Waals surface area contributed by atoms with Gasteiger partial charge < -0.3 is 10.7 Å². The molecule has 3 N–H and O–H groups in total. The van der Waals surface area contributed by atoms with E-state index >= 15 is 0 Å². The number of azo groups is 1. The molecule has 120 valence electrons. The zero-order chi connectivity index (χ0) is 17.3. The normalized spacial score (nSPS) is 11.2. The Kier molecular flexibility index (Phi) is 4.24. The number of anilines is 1. The number of halogens is 1. The number of nitrogen functional groups attached to an aromatic ring is 1. The number of aromatic amines is 1. The Morgan fingerprint density at radius 3 is 2.71 bits per heavy atom. The van der Waals surface area contributed by atoms with Gasteiger partial charge in [0, 0.05) is 5.02 Å². The molecule has 0 amide bonds. The van der Waals surface area contributed by atoms with Crippen molar-refractivity contribution in [3.05, 3.63) is 45.2 Å². The van der Waals surface area contributed by atoms with Crippen molar-refractivity contribution in [1.29, 1.82) is 5.26 Å². The third-order valence-electron chi connectivity index (χ3n) is 3.15. The predicted octanol–water partition coefficient (Wildman–Crippen LogP) is 3.27. The number of H-pyrrole nitrogens is 1. The molecule has 2 heterocycles. The maximum absolute atomic E-state index is 12.1. The van der Waals surface area contributed by atoms with Crippen LogP contribution in [0, 0.1) is 11.3 Å². The first-order valence-corrected chi connectivity index (χ1v) is 8.21. The number of thioether (sulfide) groups is 1. The van der Waals surface area contributed by atoms with Crippen LogP contribution in [-0.2, 0) is 0 Å². The maximum atomic E-state index is 12.1. The molecule has 0 aliphatic heterocycles. The fourth-order valence-electron chi connectivity index (χ4n) is 2.06. The summed E-state index contributed by atoms with van der Waals surface area (Å²) in [5.41, 5.74) is 6.40. The number of hydrogen-bond acceptors (Lipinski definition) is 7. The summed E-state index contributed by atoms with van der Waals surface area (Å²) in [6.07, 6.45) is 1.74. The van der Waals surface area contributed by atoms with Crippen LogP contribution < -0.4 is 11.3 Å². The number of nitrogens with zero attached hydrogens (tertiary/aromatic N) is 5. The lowest BCUT2D eigenvalue weighted by Crippen LogP contribution is -2.15. The SMILES string of the molecule is CSc1c(C#N)c(=O)[nH]c2c(N=Nc3ccc(Cl)cc3)c(N)nn12. The van der Waals surface area contributed by atoms with Crippen molar-refractivity contribution >= 4 is 46.2 Å². The molecular formula is C14H10ClN7OS. The van der Waals surface area contributed by atoms with E-state index in [-0.39, 0.29) is 22.7 Å². The first kappa shape index (κ1) is 16.0. The number of benzene rings is 1. The van der Waals surface area contributed by atoms with Gasteiger partial charge in [-0.15, -0.1) is 22.0 Å². The minimum Gasteiger partial charge on any atom is -0.380 e. The largest absolute Gasteiger partial charge is 0.380 e. The van der Waals surface area contributed by atoms with Crippen molar-refractivity contribution in [2.24, 2.45) is 10.2 Å². The lowest BCUT2D eigenvalue weighted by atomic mass is 10.3. The smallest absolute Gasteiger partial charge is 0.270 e. The molecule has 0 unspecified atom stereocenters. The molecular weight excluding hydrogens is 350 g/mol. The van der Waals surface area contributed by atoms with Crippen molar-refractivity contribution in [2.45, 2.75) is 5.03 Å². The summed E-state index contributed by atoms with van der Waals surface area (Å²) in [5, 5.41) is 22.4. The van der Waals surface area contributed by atoms with Crippen LogP contribution >= 0.6 is 23.4 Å². The number of aromatic nitrogens is 3. The summed E-state index contributed by atoms with van der Waals surface area (Å²) < 4.78 is 1.39. The molecule has 0 aliphatic carbocycles. The van der Waals surface area contributed by atoms with Crippen LogP contribution in [-0.4, -0.2) is 20.9 Å². The highest BCUT2D eigenvalue weighted by Gasteiger charge is 2.18. The maximum Gasteiger partial charge on any atom is 0.270 e. The van der Waals surface area contributed by atoms with Crippen LogP contribution in [0.2, 0.25) is 5.02 Å². The molecule has 0 radical (unpaired) electrons. The second-order valence-corrected chi connectivity index (χ2v) is 5.85. The minimum atomic E-state index is -0.530. The van der Waals surface area contributed by atoms with Crippen LogP contribution in [0.3, 0.4) is 0 Å². The van der Waals surface area contributed by atoms with E-state index in [2.05, 4.69) is 20.3 Å². The number of nitrogens with two attached hydrogens (primary N) is 1. The Hall–Kier alpha value is -2.83. The zero-order valence-corrected chi connectivity index (χ0v) is 13.9. The molecule has 0 aliphatic rings. The second-order valence-electron chi connectivity index (χ2n) is 4.62. The highest BCUT2D eigenvalue weighted by molar-refractivity contribution is 7.98. The predicted molar refractivity (Wildman–Crippen MR) is 92.3 cm³/mol. The molecule has 3 rings (SSSR count). The Balaban J connectivity index is 2.17. The van der Waals surface area contributed by atoms with E-state index in [0.29, 0.717) is 15.7 Å². The number of fused-ring (bicyclic) bond motifs is 1. The molecule has 8 nitrogen and oxygen atoms in total. The van der Waals surface area contributed by atoms with Crippen molar-refractivity contribution in [1.82, 2.24) is 14.6 Å². The molecule has 1 aromatic carbocycles. The average molecular weight is 360 g/mol. The van der Waals surface area contributed by atoms with E-state index in [0.717, 1.165) is 0 Å². The fourth-order valence-corrected chi connectivity index (χ4v) is 2.83. The minimum absolute atomic E-state index is 0.0290. The summed E-state index contributed by atoms with van der Waals surface area (Å²) in [4.78, 5) is 14.6. The standard InChI is InChI=1S/C14H10ClN7OS/c1-24-14-9(6-16)13(23)18-12-10(11(17)21-22(12)14)20-19-8-4-2-7(15)3-5-8/h2-5H,1H3,(H2,17,21)(H,18,23). The van der Waals surface area contributed by atoms with Crippen LogP contribution in [0.25, 0.3) is 5.65 Å². The molecule has 0 spiro atoms. The molecule has 2 aromatic heterocycles. The fraction of sp³-hybridized carbons (Fsp3) is 0.0714. The first-order valence-electron chi connectivity index (χ1n) is 6.61. The van der Waals surface area contributed by atoms with Gasteiger partial charge in [-0.2, -0.15) is 10.4 Å². The zero-order valence-electron chi connectivity index (χ0n) is 12.3. The van der Waals surface area contributed by atoms with Gasteiger partial charge in [-0.1, -0.05) is 11.6 Å². The summed E-state index contributed by atoms with van der Waals surface area (Å²) >= 11 is 7.04. The highest BCUT2D eigenvalue weighted by Crippen LogP contribution is 2.30. The van der Waals surface area contributed by atoms with Gasteiger partial charge in [0.25, 0.3) is 5.56 Å². The summed E-state index contributed by atoms with van der Waals surface area (Å²) in [5.74, 6) is 0.0914. The van der Waals surface area contributed by atoms with Gasteiger partial charge in [-0.3, -0.25) is 4.79 Å². The molecule has 3 aromatic rings. The van der Waals surface area contributed by atoms with Gasteiger partial charge >= 0.3 is 0 Å². The lowest BCUT2D eigenvalue weighted by Gasteiger charge is -2.02. The van der Waals surface area contributed by atoms with Crippen molar-refractivity contribution in [2.75, 3.05) is 12.0 Å². The second kappa shape index (κ2) is 6.35. The van der Waals surface area contributed by atoms with Crippen molar-refractivity contribution < 1.29 is 0 Å². The average Bonchev–Trinajstić information content (AvgIpc) is 2.88. The third kappa shape index (κ3) is 2.73. The Labute approximate surface area is 145 Å². The molecule has 0 saturated carbocycles. The Morgan fingerprint density at radius 1 is 1.38 bits per heavy atom. The van der Waals surface area contributed by atoms with E-state index in [9.17, 15) is 4.79 Å². The quantitative estimate of drug-likeness (QED) is 0.421. The molecule has 24 heavy (non-hydrogen) atoms. The number of hydrogen-bond donors (Lipinski definition) is 2. The van der Waals surface area contributed by atoms with Crippen LogP contribution in [0.4, 0.5) is 17.2 Å². The van der Waals surface area contributed by atoms with E-state index in [4.69, 9.17) is 22.6 Å². The molecule has 0 fully saturated rings. The van der Waals surface area contributed by atoms with E-state index in [1.165, 1.54) is 16.3 Å². The highest BCUT2D eigenvalue weighted by atomic mass is 35.5. The number of nitriles is 1. The van der Waals surface area contributed by atoms with Gasteiger partial charge in [0.2, 0.25) is 0 Å². The van der Waals surface area contributed by atoms with Crippen molar-refractivity contribution in [3.8, 4) is 6.07 Å². The van der Waals surface area contributed by atoms with Crippen LogP contribution in [0.5, 0.6) is 0 Å². The van der Waals surface area contributed by atoms with Crippen LogP contribution in [0.15, 0.2) is 44.3 Å². The number of nitrogens with one attached hydrogen (secondary N) is 1. The van der Waals surface area contributed by atoms with Gasteiger partial charge in [-0.25, -0.2) is 4.52 Å². The van der Waals surface area contributed by atoms with E-state index < -0.39 is 5.56 Å². The Bertz CT molecular complexity index is 1050. The van der Waals surface area contributed by atoms with Crippen LogP contribution in [0.1, 0.15) is 5.56 Å².